The van der Waals surface area contributed by atoms with Crippen LogP contribution in [0.3, 0.4) is 0 Å². The van der Waals surface area contributed by atoms with Crippen molar-refractivity contribution in [3.63, 3.8) is 0 Å². The van der Waals surface area contributed by atoms with Crippen LogP contribution in [0, 0.1) is 5.92 Å². The van der Waals surface area contributed by atoms with Crippen LogP contribution in [0.15, 0.2) is 29.2 Å². The van der Waals surface area contributed by atoms with E-state index in [9.17, 15) is 9.00 Å². The molecule has 0 heterocycles. The van der Waals surface area contributed by atoms with E-state index >= 15 is 0 Å². The minimum absolute atomic E-state index is 0.159. The number of benzene rings is 1. The lowest BCUT2D eigenvalue weighted by molar-refractivity contribution is 0.0696. The lowest BCUT2D eigenvalue weighted by atomic mass is 10.1. The van der Waals surface area contributed by atoms with Gasteiger partial charge in [-0.05, 0) is 30.5 Å². The molecule has 0 bridgehead atoms. The molecule has 1 aromatic carbocycles. The first kappa shape index (κ1) is 15.9. The molecule has 5 heteroatoms. The standard InChI is InChI=1S/C14H20O4S/c1-11(2)6-7-18-8-9-19(17)13-5-3-4-12(10-13)14(15)16/h3-5,10-11H,6-9H2,1-2H3,(H,15,16). The van der Waals surface area contributed by atoms with E-state index < -0.39 is 16.8 Å². The van der Waals surface area contributed by atoms with E-state index in [-0.39, 0.29) is 5.56 Å². The average molecular weight is 284 g/mol. The Kier molecular flexibility index (Phi) is 6.73. The Labute approximate surface area is 116 Å². The summed E-state index contributed by atoms with van der Waals surface area (Å²) in [4.78, 5) is 11.3. The van der Waals surface area contributed by atoms with Crippen molar-refractivity contribution in [1.82, 2.24) is 0 Å². The molecule has 106 valence electrons. The van der Waals surface area contributed by atoms with E-state index in [1.165, 1.54) is 12.1 Å². The van der Waals surface area contributed by atoms with Crippen LogP contribution in [-0.4, -0.2) is 34.3 Å². The van der Waals surface area contributed by atoms with Gasteiger partial charge in [-0.1, -0.05) is 19.9 Å². The summed E-state index contributed by atoms with van der Waals surface area (Å²) in [5, 5.41) is 8.87. The number of ether oxygens (including phenoxy) is 1. The van der Waals surface area contributed by atoms with Crippen LogP contribution in [0.4, 0.5) is 0 Å². The average Bonchev–Trinajstić information content (AvgIpc) is 2.37. The van der Waals surface area contributed by atoms with Gasteiger partial charge in [0.2, 0.25) is 0 Å². The Balaban J connectivity index is 2.41. The number of carboxylic acid groups (broad SMARTS) is 1. The predicted molar refractivity (Wildman–Crippen MR) is 75.0 cm³/mol. The second-order valence-corrected chi connectivity index (χ2v) is 6.25. The number of carboxylic acids is 1. The van der Waals surface area contributed by atoms with Gasteiger partial charge in [-0.2, -0.15) is 0 Å². The number of carbonyl (C=O) groups is 1. The predicted octanol–water partition coefficient (Wildman–Crippen LogP) is 2.56. The first-order chi connectivity index (χ1) is 9.00. The van der Waals surface area contributed by atoms with E-state index in [1.54, 1.807) is 12.1 Å². The summed E-state index contributed by atoms with van der Waals surface area (Å²) in [6, 6.07) is 6.22. The maximum atomic E-state index is 12.0. The third kappa shape index (κ3) is 5.98. The summed E-state index contributed by atoms with van der Waals surface area (Å²) < 4.78 is 17.4. The number of rotatable bonds is 8. The van der Waals surface area contributed by atoms with Crippen molar-refractivity contribution in [3.05, 3.63) is 29.8 Å². The summed E-state index contributed by atoms with van der Waals surface area (Å²) in [5.41, 5.74) is 0.159. The Morgan fingerprint density at radius 3 is 2.74 bits per heavy atom. The molecule has 1 N–H and O–H groups in total. The first-order valence-corrected chi connectivity index (χ1v) is 7.62. The van der Waals surface area contributed by atoms with Gasteiger partial charge in [-0.25, -0.2) is 4.79 Å². The third-order valence-corrected chi connectivity index (χ3v) is 3.91. The van der Waals surface area contributed by atoms with Gasteiger partial charge in [0, 0.05) is 11.5 Å². The first-order valence-electron chi connectivity index (χ1n) is 6.30. The molecule has 0 aliphatic rings. The smallest absolute Gasteiger partial charge is 0.335 e. The molecule has 0 radical (unpaired) electrons. The highest BCUT2D eigenvalue weighted by atomic mass is 32.2. The van der Waals surface area contributed by atoms with E-state index in [4.69, 9.17) is 9.84 Å². The van der Waals surface area contributed by atoms with Gasteiger partial charge >= 0.3 is 5.97 Å². The van der Waals surface area contributed by atoms with Gasteiger partial charge < -0.3 is 9.84 Å². The number of aromatic carboxylic acids is 1. The molecule has 1 rings (SSSR count). The molecule has 0 saturated carbocycles. The molecule has 0 saturated heterocycles. The number of hydrogen-bond donors (Lipinski definition) is 1. The Morgan fingerprint density at radius 1 is 1.37 bits per heavy atom. The van der Waals surface area contributed by atoms with Crippen LogP contribution in [0.25, 0.3) is 0 Å². The molecule has 4 nitrogen and oxygen atoms in total. The van der Waals surface area contributed by atoms with Gasteiger partial charge in [-0.3, -0.25) is 4.21 Å². The zero-order valence-electron chi connectivity index (χ0n) is 11.3. The largest absolute Gasteiger partial charge is 0.478 e. The summed E-state index contributed by atoms with van der Waals surface area (Å²) in [5.74, 6) is -0.0222. The Bertz CT molecular complexity index is 443. The summed E-state index contributed by atoms with van der Waals surface area (Å²) in [6.07, 6.45) is 0.987. The third-order valence-electron chi connectivity index (χ3n) is 2.60. The zero-order valence-corrected chi connectivity index (χ0v) is 12.1. The monoisotopic (exact) mass is 284 g/mol. The van der Waals surface area contributed by atoms with Gasteiger partial charge in [0.25, 0.3) is 0 Å². The van der Waals surface area contributed by atoms with Crippen molar-refractivity contribution in [3.8, 4) is 0 Å². The van der Waals surface area contributed by atoms with Crippen LogP contribution in [0.2, 0.25) is 0 Å². The van der Waals surface area contributed by atoms with Crippen molar-refractivity contribution >= 4 is 16.8 Å². The van der Waals surface area contributed by atoms with Crippen molar-refractivity contribution < 1.29 is 18.8 Å². The lowest BCUT2D eigenvalue weighted by Gasteiger charge is -2.07. The molecular weight excluding hydrogens is 264 g/mol. The van der Waals surface area contributed by atoms with E-state index in [0.717, 1.165) is 6.42 Å². The Hall–Kier alpha value is -1.20. The van der Waals surface area contributed by atoms with Crippen molar-refractivity contribution in [1.29, 1.82) is 0 Å². The van der Waals surface area contributed by atoms with Crippen LogP contribution < -0.4 is 0 Å². The normalized spacial score (nSPS) is 12.6. The van der Waals surface area contributed by atoms with E-state index in [1.807, 2.05) is 0 Å². The molecule has 0 spiro atoms. The van der Waals surface area contributed by atoms with Crippen molar-refractivity contribution in [2.45, 2.75) is 25.2 Å². The summed E-state index contributed by atoms with van der Waals surface area (Å²) in [7, 11) is -1.21. The van der Waals surface area contributed by atoms with Crippen molar-refractivity contribution in [2.75, 3.05) is 19.0 Å². The minimum Gasteiger partial charge on any atom is -0.478 e. The van der Waals surface area contributed by atoms with E-state index in [0.29, 0.717) is 29.8 Å². The summed E-state index contributed by atoms with van der Waals surface area (Å²) in [6.45, 7) is 5.35. The molecule has 0 aliphatic heterocycles. The van der Waals surface area contributed by atoms with Crippen molar-refractivity contribution in [2.24, 2.45) is 5.92 Å². The second kappa shape index (κ2) is 8.07. The van der Waals surface area contributed by atoms with Crippen LogP contribution in [0.1, 0.15) is 30.6 Å². The fourth-order valence-corrected chi connectivity index (χ4v) is 2.44. The van der Waals surface area contributed by atoms with E-state index in [2.05, 4.69) is 13.8 Å². The highest BCUT2D eigenvalue weighted by molar-refractivity contribution is 7.85. The molecule has 1 aromatic rings. The quantitative estimate of drug-likeness (QED) is 0.745. The summed E-state index contributed by atoms with van der Waals surface area (Å²) >= 11 is 0. The van der Waals surface area contributed by atoms with Gasteiger partial charge in [0.15, 0.2) is 0 Å². The molecule has 19 heavy (non-hydrogen) atoms. The molecule has 1 unspecified atom stereocenters. The maximum Gasteiger partial charge on any atom is 0.335 e. The fraction of sp³-hybridized carbons (Fsp3) is 0.500. The van der Waals surface area contributed by atoms with Crippen LogP contribution in [-0.2, 0) is 15.5 Å². The molecular formula is C14H20O4S. The zero-order chi connectivity index (χ0) is 14.3. The lowest BCUT2D eigenvalue weighted by Crippen LogP contribution is -2.09. The molecule has 0 fully saturated rings. The molecule has 0 aliphatic carbocycles. The number of hydrogen-bond acceptors (Lipinski definition) is 3. The highest BCUT2D eigenvalue weighted by Gasteiger charge is 2.08. The molecule has 0 aromatic heterocycles. The molecule has 0 amide bonds. The maximum absolute atomic E-state index is 12.0. The van der Waals surface area contributed by atoms with Crippen LogP contribution >= 0.6 is 0 Å². The highest BCUT2D eigenvalue weighted by Crippen LogP contribution is 2.10. The van der Waals surface area contributed by atoms with Gasteiger partial charge in [0.05, 0.1) is 28.7 Å². The fourth-order valence-electron chi connectivity index (χ4n) is 1.44. The van der Waals surface area contributed by atoms with Gasteiger partial charge in [-0.15, -0.1) is 0 Å². The topological polar surface area (TPSA) is 63.6 Å². The second-order valence-electron chi connectivity index (χ2n) is 4.68. The minimum atomic E-state index is -1.21. The molecule has 1 atom stereocenters. The SMILES string of the molecule is CC(C)CCOCCS(=O)c1cccc(C(=O)O)c1. The van der Waals surface area contributed by atoms with Crippen LogP contribution in [0.5, 0.6) is 0 Å². The Morgan fingerprint density at radius 2 is 2.11 bits per heavy atom. The van der Waals surface area contributed by atoms with Gasteiger partial charge in [0.1, 0.15) is 0 Å².